The van der Waals surface area contributed by atoms with Crippen molar-refractivity contribution in [1.29, 1.82) is 0 Å². The van der Waals surface area contributed by atoms with Gasteiger partial charge in [-0.15, -0.1) is 0 Å². The van der Waals surface area contributed by atoms with Crippen molar-refractivity contribution < 1.29 is 4.39 Å². The molecule has 0 amide bonds. The number of hydrogen-bond donors (Lipinski definition) is 2. The smallest absolute Gasteiger partial charge is 0.0894 e. The van der Waals surface area contributed by atoms with E-state index in [2.05, 4.69) is 58.6 Å². The first-order valence-corrected chi connectivity index (χ1v) is 8.56. The molecule has 1 atom stereocenters. The van der Waals surface area contributed by atoms with E-state index in [1.165, 1.54) is 22.0 Å². The quantitative estimate of drug-likeness (QED) is 0.413. The van der Waals surface area contributed by atoms with Gasteiger partial charge in [-0.05, 0) is 48.4 Å². The number of fused-ring (bicyclic) bond motifs is 2. The lowest BCUT2D eigenvalue weighted by Gasteiger charge is -2.15. The normalized spacial score (nSPS) is 12.9. The zero-order valence-electron chi connectivity index (χ0n) is 13.6. The van der Waals surface area contributed by atoms with Crippen molar-refractivity contribution >= 4 is 21.8 Å². The molecule has 0 bridgehead atoms. The van der Waals surface area contributed by atoms with Gasteiger partial charge in [0.25, 0.3) is 0 Å². The summed E-state index contributed by atoms with van der Waals surface area (Å²) >= 11 is 0. The van der Waals surface area contributed by atoms with Gasteiger partial charge in [0, 0.05) is 34.2 Å². The fourth-order valence-electron chi connectivity index (χ4n) is 3.59. The molecule has 0 aliphatic carbocycles. The largest absolute Gasteiger partial charge is 0.361 e. The molecule has 0 fully saturated rings. The molecule has 1 unspecified atom stereocenters. The summed E-state index contributed by atoms with van der Waals surface area (Å²) in [4.78, 5) is 6.94. The second-order valence-electron chi connectivity index (χ2n) is 6.34. The minimum atomic E-state index is -0.243. The molecule has 0 aliphatic rings. The highest BCUT2D eigenvalue weighted by molar-refractivity contribution is 5.85. The van der Waals surface area contributed by atoms with Crippen molar-refractivity contribution in [2.75, 3.05) is 6.67 Å². The van der Waals surface area contributed by atoms with Gasteiger partial charge in [0.15, 0.2) is 0 Å². The minimum absolute atomic E-state index is 0.243. The highest BCUT2D eigenvalue weighted by Crippen LogP contribution is 2.35. The van der Waals surface area contributed by atoms with Gasteiger partial charge < -0.3 is 9.97 Å². The standard InChI is InChI=1S/C21H21FN2/c22-12-6-5-9-17(18-14-23-20-11-4-2-8-16(18)20)21-13-15-7-1-3-10-19(15)24-21/h1-4,7-8,10-11,13-14,17,23-24H,5-6,9,12H2. The maximum Gasteiger partial charge on any atom is 0.0894 e. The zero-order chi connectivity index (χ0) is 16.4. The second kappa shape index (κ2) is 6.52. The van der Waals surface area contributed by atoms with Gasteiger partial charge in [0.1, 0.15) is 0 Å². The molecule has 2 heterocycles. The van der Waals surface area contributed by atoms with Crippen molar-refractivity contribution in [3.8, 4) is 0 Å². The third-order valence-corrected chi connectivity index (χ3v) is 4.80. The van der Waals surface area contributed by atoms with Crippen LogP contribution in [0.1, 0.15) is 36.4 Å². The lowest BCUT2D eigenvalue weighted by atomic mass is 9.90. The lowest BCUT2D eigenvalue weighted by Crippen LogP contribution is -2.01. The summed E-state index contributed by atoms with van der Waals surface area (Å²) in [6.07, 6.45) is 4.56. The van der Waals surface area contributed by atoms with Gasteiger partial charge in [-0.1, -0.05) is 36.4 Å². The maximum atomic E-state index is 12.6. The van der Waals surface area contributed by atoms with Crippen LogP contribution in [0.25, 0.3) is 21.8 Å². The van der Waals surface area contributed by atoms with Crippen molar-refractivity contribution in [2.45, 2.75) is 25.2 Å². The highest BCUT2D eigenvalue weighted by Gasteiger charge is 2.19. The highest BCUT2D eigenvalue weighted by atomic mass is 19.1. The Balaban J connectivity index is 1.78. The molecule has 0 radical (unpaired) electrons. The van der Waals surface area contributed by atoms with Crippen molar-refractivity contribution in [1.82, 2.24) is 9.97 Å². The van der Waals surface area contributed by atoms with E-state index < -0.39 is 0 Å². The van der Waals surface area contributed by atoms with Crippen LogP contribution in [0.3, 0.4) is 0 Å². The number of rotatable bonds is 6. The van der Waals surface area contributed by atoms with Crippen molar-refractivity contribution in [2.24, 2.45) is 0 Å². The Morgan fingerprint density at radius 2 is 1.71 bits per heavy atom. The number of para-hydroxylation sites is 2. The number of nitrogens with one attached hydrogen (secondary N) is 2. The molecule has 0 aliphatic heterocycles. The number of benzene rings is 2. The molecule has 122 valence electrons. The number of aromatic amines is 2. The fourth-order valence-corrected chi connectivity index (χ4v) is 3.59. The summed E-state index contributed by atoms with van der Waals surface area (Å²) in [5, 5.41) is 2.48. The van der Waals surface area contributed by atoms with Gasteiger partial charge in [-0.2, -0.15) is 0 Å². The van der Waals surface area contributed by atoms with Crippen molar-refractivity contribution in [3.05, 3.63) is 72.1 Å². The summed E-state index contributed by atoms with van der Waals surface area (Å²) < 4.78 is 12.6. The number of aromatic nitrogens is 2. The Kier molecular flexibility index (Phi) is 4.08. The van der Waals surface area contributed by atoms with E-state index in [-0.39, 0.29) is 12.6 Å². The fraction of sp³-hybridized carbons (Fsp3) is 0.238. The van der Waals surface area contributed by atoms with Crippen LogP contribution in [0.15, 0.2) is 60.8 Å². The zero-order valence-corrected chi connectivity index (χ0v) is 13.6. The Bertz CT molecular complexity index is 917. The van der Waals surface area contributed by atoms with Crippen molar-refractivity contribution in [3.63, 3.8) is 0 Å². The van der Waals surface area contributed by atoms with Gasteiger partial charge >= 0.3 is 0 Å². The molecule has 2 aromatic carbocycles. The van der Waals surface area contributed by atoms with E-state index in [1.807, 2.05) is 12.1 Å². The van der Waals surface area contributed by atoms with Crippen LogP contribution in [0.5, 0.6) is 0 Å². The first-order valence-electron chi connectivity index (χ1n) is 8.56. The van der Waals surface area contributed by atoms with Crippen LogP contribution in [0, 0.1) is 0 Å². The van der Waals surface area contributed by atoms with Crippen LogP contribution < -0.4 is 0 Å². The summed E-state index contributed by atoms with van der Waals surface area (Å²) in [5.41, 5.74) is 4.80. The topological polar surface area (TPSA) is 31.6 Å². The van der Waals surface area contributed by atoms with E-state index in [1.54, 1.807) is 0 Å². The second-order valence-corrected chi connectivity index (χ2v) is 6.34. The van der Waals surface area contributed by atoms with Crippen LogP contribution in [-0.2, 0) is 0 Å². The predicted octanol–water partition coefficient (Wildman–Crippen LogP) is 5.92. The molecule has 0 spiro atoms. The molecule has 2 nitrogen and oxygen atoms in total. The third-order valence-electron chi connectivity index (χ3n) is 4.80. The molecule has 24 heavy (non-hydrogen) atoms. The average molecular weight is 320 g/mol. The lowest BCUT2D eigenvalue weighted by molar-refractivity contribution is 0.450. The molecule has 3 heteroatoms. The first-order chi connectivity index (χ1) is 11.9. The van der Waals surface area contributed by atoms with Crippen LogP contribution in [0.4, 0.5) is 4.39 Å². The van der Waals surface area contributed by atoms with E-state index in [4.69, 9.17) is 0 Å². The summed E-state index contributed by atoms with van der Waals surface area (Å²) in [5.74, 6) is 0.250. The summed E-state index contributed by atoms with van der Waals surface area (Å²) in [6, 6.07) is 18.9. The van der Waals surface area contributed by atoms with E-state index in [9.17, 15) is 4.39 Å². The molecule has 2 N–H and O–H groups in total. The van der Waals surface area contributed by atoms with Gasteiger partial charge in [-0.25, -0.2) is 0 Å². The Morgan fingerprint density at radius 1 is 0.917 bits per heavy atom. The molecule has 0 saturated carbocycles. The SMILES string of the molecule is FCCCCC(c1cc2ccccc2[nH]1)c1c[nH]c2ccccc12. The third kappa shape index (κ3) is 2.71. The Labute approximate surface area is 140 Å². The van der Waals surface area contributed by atoms with E-state index >= 15 is 0 Å². The van der Waals surface area contributed by atoms with Crippen LogP contribution in [0.2, 0.25) is 0 Å². The van der Waals surface area contributed by atoms with Gasteiger partial charge in [0.2, 0.25) is 0 Å². The number of unbranched alkanes of at least 4 members (excludes halogenated alkanes) is 1. The van der Waals surface area contributed by atoms with Crippen LogP contribution in [-0.4, -0.2) is 16.6 Å². The molecular formula is C21H21FN2. The Hall–Kier alpha value is -2.55. The minimum Gasteiger partial charge on any atom is -0.361 e. The maximum absolute atomic E-state index is 12.6. The molecular weight excluding hydrogens is 299 g/mol. The molecule has 4 aromatic rings. The number of halogens is 1. The van der Waals surface area contributed by atoms with Crippen LogP contribution >= 0.6 is 0 Å². The molecule has 0 saturated heterocycles. The summed E-state index contributed by atoms with van der Waals surface area (Å²) in [6.45, 7) is -0.243. The van der Waals surface area contributed by atoms with Gasteiger partial charge in [0.05, 0.1) is 6.67 Å². The Morgan fingerprint density at radius 3 is 2.54 bits per heavy atom. The van der Waals surface area contributed by atoms with E-state index in [0.717, 1.165) is 23.9 Å². The average Bonchev–Trinajstić information content (AvgIpc) is 3.23. The predicted molar refractivity (Wildman–Crippen MR) is 98.3 cm³/mol. The molecule has 2 aromatic heterocycles. The van der Waals surface area contributed by atoms with E-state index in [0.29, 0.717) is 6.42 Å². The first kappa shape index (κ1) is 15.0. The van der Waals surface area contributed by atoms with Gasteiger partial charge in [-0.3, -0.25) is 4.39 Å². The monoisotopic (exact) mass is 320 g/mol. The number of hydrogen-bond acceptors (Lipinski definition) is 0. The molecule has 4 rings (SSSR count). The summed E-state index contributed by atoms with van der Waals surface area (Å²) in [7, 11) is 0. The number of H-pyrrole nitrogens is 2. The number of alkyl halides is 1.